The Morgan fingerprint density at radius 3 is 2.62 bits per heavy atom. The lowest BCUT2D eigenvalue weighted by atomic mass is 9.94. The molecule has 0 unspecified atom stereocenters. The molecule has 1 fully saturated rings. The molecule has 0 spiro atoms. The fourth-order valence-electron chi connectivity index (χ4n) is 2.84. The Balaban J connectivity index is 1.84. The van der Waals surface area contributed by atoms with E-state index >= 15 is 0 Å². The molecule has 1 aliphatic heterocycles. The number of nitriles is 1. The van der Waals surface area contributed by atoms with Gasteiger partial charge in [0.1, 0.15) is 19.0 Å². The van der Waals surface area contributed by atoms with Crippen LogP contribution in [0.25, 0.3) is 0 Å². The van der Waals surface area contributed by atoms with E-state index in [1.165, 1.54) is 0 Å². The summed E-state index contributed by atoms with van der Waals surface area (Å²) in [6.07, 6.45) is -0.713. The van der Waals surface area contributed by atoms with Gasteiger partial charge in [0.2, 0.25) is 5.91 Å². The smallest absolute Gasteiger partial charge is 0.416 e. The molecule has 0 N–H and O–H groups in total. The Morgan fingerprint density at radius 2 is 1.92 bits per heavy atom. The summed E-state index contributed by atoms with van der Waals surface area (Å²) in [7, 11) is 0. The molecular formula is C20H18N2O4. The minimum Gasteiger partial charge on any atom is -0.489 e. The summed E-state index contributed by atoms with van der Waals surface area (Å²) in [4.78, 5) is 25.6. The molecule has 0 radical (unpaired) electrons. The Labute approximate surface area is 151 Å². The number of carbonyl (C=O) groups excluding carboxylic acids is 2. The highest BCUT2D eigenvalue weighted by atomic mass is 16.6. The zero-order valence-corrected chi connectivity index (χ0v) is 14.1. The molecule has 6 nitrogen and oxygen atoms in total. The van der Waals surface area contributed by atoms with Gasteiger partial charge in [-0.25, -0.2) is 9.69 Å². The van der Waals surface area contributed by atoms with Crippen LogP contribution in [-0.4, -0.2) is 30.1 Å². The zero-order chi connectivity index (χ0) is 18.4. The summed E-state index contributed by atoms with van der Waals surface area (Å²) in [5.41, 5.74) is 1.59. The van der Waals surface area contributed by atoms with Crippen LogP contribution in [0.3, 0.4) is 0 Å². The van der Waals surface area contributed by atoms with E-state index in [1.807, 2.05) is 42.5 Å². The minimum absolute atomic E-state index is 0.0473. The number of rotatable bonds is 6. The van der Waals surface area contributed by atoms with Crippen LogP contribution in [0.1, 0.15) is 23.5 Å². The SMILES string of the molecule is N#CC[C@@H](C(=O)N1CCOC1=O)c1ccccc1OCc1ccccc1. The quantitative estimate of drug-likeness (QED) is 0.799. The maximum atomic E-state index is 12.8. The molecule has 1 saturated heterocycles. The Kier molecular flexibility index (Phi) is 5.49. The van der Waals surface area contributed by atoms with E-state index in [0.29, 0.717) is 17.9 Å². The van der Waals surface area contributed by atoms with Gasteiger partial charge >= 0.3 is 6.09 Å². The monoisotopic (exact) mass is 350 g/mol. The Hall–Kier alpha value is -3.33. The number of cyclic esters (lactones) is 1. The van der Waals surface area contributed by atoms with Gasteiger partial charge in [-0.1, -0.05) is 48.5 Å². The van der Waals surface area contributed by atoms with Crippen LogP contribution in [-0.2, 0) is 16.1 Å². The topological polar surface area (TPSA) is 79.6 Å². The lowest BCUT2D eigenvalue weighted by molar-refractivity contribution is -0.129. The number of para-hydroxylation sites is 1. The van der Waals surface area contributed by atoms with Gasteiger partial charge in [0.15, 0.2) is 0 Å². The van der Waals surface area contributed by atoms with E-state index in [1.54, 1.807) is 18.2 Å². The van der Waals surface area contributed by atoms with Crippen molar-refractivity contribution in [3.8, 4) is 11.8 Å². The first-order chi connectivity index (χ1) is 12.7. The molecular weight excluding hydrogens is 332 g/mol. The fourth-order valence-corrected chi connectivity index (χ4v) is 2.84. The second kappa shape index (κ2) is 8.17. The van der Waals surface area contributed by atoms with Crippen LogP contribution in [0.15, 0.2) is 54.6 Å². The number of nitrogens with zero attached hydrogens (tertiary/aromatic N) is 2. The van der Waals surface area contributed by atoms with Crippen molar-refractivity contribution in [2.75, 3.05) is 13.2 Å². The second-order valence-electron chi connectivity index (χ2n) is 5.83. The lowest BCUT2D eigenvalue weighted by Crippen LogP contribution is -2.35. The van der Waals surface area contributed by atoms with Gasteiger partial charge in [-0.05, 0) is 11.6 Å². The van der Waals surface area contributed by atoms with Gasteiger partial charge in [0.05, 0.1) is 25.0 Å². The first kappa shape index (κ1) is 17.5. The number of hydrogen-bond donors (Lipinski definition) is 0. The van der Waals surface area contributed by atoms with Crippen LogP contribution in [0.5, 0.6) is 5.75 Å². The van der Waals surface area contributed by atoms with Crippen molar-refractivity contribution in [3.63, 3.8) is 0 Å². The van der Waals surface area contributed by atoms with Crippen LogP contribution in [0.4, 0.5) is 4.79 Å². The second-order valence-corrected chi connectivity index (χ2v) is 5.83. The van der Waals surface area contributed by atoms with E-state index in [4.69, 9.17) is 9.47 Å². The third kappa shape index (κ3) is 3.83. The number of hydrogen-bond acceptors (Lipinski definition) is 5. The molecule has 2 amide bonds. The van der Waals surface area contributed by atoms with Gasteiger partial charge < -0.3 is 9.47 Å². The van der Waals surface area contributed by atoms with E-state index in [0.717, 1.165) is 10.5 Å². The van der Waals surface area contributed by atoms with Crippen molar-refractivity contribution in [1.82, 2.24) is 4.90 Å². The van der Waals surface area contributed by atoms with Crippen molar-refractivity contribution >= 4 is 12.0 Å². The first-order valence-electron chi connectivity index (χ1n) is 8.31. The van der Waals surface area contributed by atoms with Crippen molar-refractivity contribution in [2.45, 2.75) is 18.9 Å². The highest BCUT2D eigenvalue weighted by molar-refractivity contribution is 5.97. The summed E-state index contributed by atoms with van der Waals surface area (Å²) >= 11 is 0. The predicted octanol–water partition coefficient (Wildman–Crippen LogP) is 3.24. The van der Waals surface area contributed by atoms with E-state index in [-0.39, 0.29) is 19.6 Å². The normalized spacial score (nSPS) is 14.4. The average molecular weight is 350 g/mol. The van der Waals surface area contributed by atoms with Crippen molar-refractivity contribution in [2.24, 2.45) is 0 Å². The number of imide groups is 1. The van der Waals surface area contributed by atoms with Gasteiger partial charge in [-0.15, -0.1) is 0 Å². The maximum Gasteiger partial charge on any atom is 0.416 e. The summed E-state index contributed by atoms with van der Waals surface area (Å²) in [5, 5.41) is 9.18. The van der Waals surface area contributed by atoms with Crippen LogP contribution >= 0.6 is 0 Å². The molecule has 6 heteroatoms. The summed E-state index contributed by atoms with van der Waals surface area (Å²) < 4.78 is 10.7. The van der Waals surface area contributed by atoms with E-state index in [2.05, 4.69) is 0 Å². The fraction of sp³-hybridized carbons (Fsp3) is 0.250. The molecule has 0 aliphatic carbocycles. The van der Waals surface area contributed by atoms with E-state index in [9.17, 15) is 14.9 Å². The maximum absolute atomic E-state index is 12.8. The number of carbonyl (C=O) groups is 2. The molecule has 0 saturated carbocycles. The van der Waals surface area contributed by atoms with E-state index < -0.39 is 17.9 Å². The molecule has 2 aromatic rings. The molecule has 132 valence electrons. The summed E-state index contributed by atoms with van der Waals surface area (Å²) in [6.45, 7) is 0.722. The molecule has 1 heterocycles. The van der Waals surface area contributed by atoms with Gasteiger partial charge in [0, 0.05) is 5.56 Å². The number of benzene rings is 2. The molecule has 26 heavy (non-hydrogen) atoms. The molecule has 2 aromatic carbocycles. The van der Waals surface area contributed by atoms with Gasteiger partial charge in [-0.3, -0.25) is 4.79 Å². The summed E-state index contributed by atoms with van der Waals surface area (Å²) in [5.74, 6) is -0.694. The first-order valence-corrected chi connectivity index (χ1v) is 8.31. The number of amides is 2. The minimum atomic E-state index is -0.780. The lowest BCUT2D eigenvalue weighted by Gasteiger charge is -2.21. The van der Waals surface area contributed by atoms with Crippen LogP contribution in [0, 0.1) is 11.3 Å². The third-order valence-electron chi connectivity index (χ3n) is 4.15. The van der Waals surface area contributed by atoms with Gasteiger partial charge in [-0.2, -0.15) is 5.26 Å². The molecule has 0 bridgehead atoms. The van der Waals surface area contributed by atoms with Crippen LogP contribution in [0.2, 0.25) is 0 Å². The predicted molar refractivity (Wildman–Crippen MR) is 93.2 cm³/mol. The van der Waals surface area contributed by atoms with Crippen LogP contribution < -0.4 is 4.74 Å². The molecule has 1 aliphatic rings. The Morgan fingerprint density at radius 1 is 1.19 bits per heavy atom. The largest absolute Gasteiger partial charge is 0.489 e. The Bertz CT molecular complexity index is 829. The molecule has 3 rings (SSSR count). The van der Waals surface area contributed by atoms with Crippen molar-refractivity contribution in [1.29, 1.82) is 5.26 Å². The zero-order valence-electron chi connectivity index (χ0n) is 14.1. The van der Waals surface area contributed by atoms with Gasteiger partial charge in [0.25, 0.3) is 0 Å². The number of ether oxygens (including phenoxy) is 2. The van der Waals surface area contributed by atoms with Crippen molar-refractivity contribution < 1.29 is 19.1 Å². The third-order valence-corrected chi connectivity index (χ3v) is 4.15. The standard InChI is InChI=1S/C20H18N2O4/c21-11-10-17(19(23)22-12-13-25-20(22)24)16-8-4-5-9-18(16)26-14-15-6-2-1-3-7-15/h1-9,17H,10,12-14H2/t17-/m1/s1. The molecule has 1 atom stereocenters. The highest BCUT2D eigenvalue weighted by Crippen LogP contribution is 2.31. The van der Waals surface area contributed by atoms with Crippen molar-refractivity contribution in [3.05, 3.63) is 65.7 Å². The molecule has 0 aromatic heterocycles. The average Bonchev–Trinajstić information content (AvgIpc) is 3.11. The summed E-state index contributed by atoms with van der Waals surface area (Å²) in [6, 6.07) is 18.8. The highest BCUT2D eigenvalue weighted by Gasteiger charge is 2.35.